The summed E-state index contributed by atoms with van der Waals surface area (Å²) >= 11 is 9.42. The van der Waals surface area contributed by atoms with Crippen LogP contribution in [0.25, 0.3) is 5.69 Å². The van der Waals surface area contributed by atoms with Gasteiger partial charge < -0.3 is 14.8 Å². The smallest absolute Gasteiger partial charge is 0.174 e. The van der Waals surface area contributed by atoms with Crippen LogP contribution in [0.5, 0.6) is 0 Å². The quantitative estimate of drug-likeness (QED) is 0.304. The molecule has 166 valence electrons. The molecule has 2 aromatic heterocycles. The fraction of sp³-hybridized carbons (Fsp3) is 0.185. The average molecular weight is 517 g/mol. The van der Waals surface area contributed by atoms with Crippen molar-refractivity contribution in [3.8, 4) is 5.69 Å². The molecule has 1 N–H and O–H groups in total. The Bertz CT molecular complexity index is 1300. The van der Waals surface area contributed by atoms with Gasteiger partial charge in [-0.2, -0.15) is 0 Å². The highest BCUT2D eigenvalue weighted by Gasteiger charge is 2.42. The van der Waals surface area contributed by atoms with E-state index < -0.39 is 0 Å². The SMILES string of the molecule is Cc1ccc(N2C(=S)N[C@H](c3ccccn3)[C@@H]2c2cc(C)n(-c3ccc(Br)cc3)c2C)cc1. The van der Waals surface area contributed by atoms with Crippen molar-refractivity contribution in [2.45, 2.75) is 32.9 Å². The maximum absolute atomic E-state index is 5.88. The first-order valence-electron chi connectivity index (χ1n) is 11.0. The molecular formula is C27H25BrN4S. The molecule has 3 heterocycles. The number of aryl methyl sites for hydroxylation is 2. The van der Waals surface area contributed by atoms with Crippen LogP contribution in [-0.2, 0) is 0 Å². The van der Waals surface area contributed by atoms with Crippen LogP contribution in [0.1, 0.15) is 40.3 Å². The molecule has 0 aliphatic carbocycles. The summed E-state index contributed by atoms with van der Waals surface area (Å²) in [7, 11) is 0. The zero-order valence-corrected chi connectivity index (χ0v) is 21.2. The monoisotopic (exact) mass is 516 g/mol. The van der Waals surface area contributed by atoms with E-state index in [-0.39, 0.29) is 12.1 Å². The third-order valence-electron chi connectivity index (χ3n) is 6.28. The highest BCUT2D eigenvalue weighted by atomic mass is 79.9. The summed E-state index contributed by atoms with van der Waals surface area (Å²) in [6.45, 7) is 6.45. The maximum Gasteiger partial charge on any atom is 0.174 e. The van der Waals surface area contributed by atoms with Gasteiger partial charge in [0.25, 0.3) is 0 Å². The first-order valence-corrected chi connectivity index (χ1v) is 12.2. The topological polar surface area (TPSA) is 33.1 Å². The molecule has 2 aromatic carbocycles. The first kappa shape index (κ1) is 21.9. The van der Waals surface area contributed by atoms with Crippen LogP contribution >= 0.6 is 28.1 Å². The van der Waals surface area contributed by atoms with Crippen LogP contribution in [0.4, 0.5) is 5.69 Å². The summed E-state index contributed by atoms with van der Waals surface area (Å²) in [5.41, 5.74) is 8.05. The number of pyridine rings is 1. The second-order valence-corrected chi connectivity index (χ2v) is 9.77. The number of rotatable bonds is 4. The Morgan fingerprint density at radius 2 is 1.61 bits per heavy atom. The summed E-state index contributed by atoms with van der Waals surface area (Å²) in [5.74, 6) is 0. The molecular weight excluding hydrogens is 492 g/mol. The Morgan fingerprint density at radius 1 is 0.909 bits per heavy atom. The lowest BCUT2D eigenvalue weighted by Gasteiger charge is -2.28. The normalized spacial score (nSPS) is 17.9. The number of nitrogens with zero attached hydrogens (tertiary/aromatic N) is 3. The summed E-state index contributed by atoms with van der Waals surface area (Å²) in [6.07, 6.45) is 1.84. The number of nitrogens with one attached hydrogen (secondary N) is 1. The van der Waals surface area contributed by atoms with Crippen molar-refractivity contribution in [2.24, 2.45) is 0 Å². The Kier molecular flexibility index (Phi) is 5.81. The molecule has 1 aliphatic heterocycles. The van der Waals surface area contributed by atoms with Crippen LogP contribution in [0.15, 0.2) is 83.5 Å². The van der Waals surface area contributed by atoms with Crippen molar-refractivity contribution in [3.05, 3.63) is 112 Å². The van der Waals surface area contributed by atoms with Crippen molar-refractivity contribution >= 4 is 38.9 Å². The van der Waals surface area contributed by atoms with Gasteiger partial charge in [-0.05, 0) is 93.1 Å². The molecule has 0 radical (unpaired) electrons. The minimum absolute atomic E-state index is 0.0227. The highest BCUT2D eigenvalue weighted by molar-refractivity contribution is 9.10. The van der Waals surface area contributed by atoms with E-state index in [0.29, 0.717) is 5.11 Å². The van der Waals surface area contributed by atoms with Crippen LogP contribution in [0, 0.1) is 20.8 Å². The molecule has 5 rings (SSSR count). The van der Waals surface area contributed by atoms with Crippen LogP contribution < -0.4 is 10.2 Å². The second-order valence-electron chi connectivity index (χ2n) is 8.47. The van der Waals surface area contributed by atoms with E-state index >= 15 is 0 Å². The first-order chi connectivity index (χ1) is 15.9. The van der Waals surface area contributed by atoms with E-state index in [1.165, 1.54) is 22.5 Å². The van der Waals surface area contributed by atoms with Gasteiger partial charge in [-0.3, -0.25) is 4.98 Å². The molecule has 1 aliphatic rings. The molecule has 1 fully saturated rings. The van der Waals surface area contributed by atoms with E-state index in [9.17, 15) is 0 Å². The van der Waals surface area contributed by atoms with Crippen molar-refractivity contribution in [1.82, 2.24) is 14.9 Å². The predicted molar refractivity (Wildman–Crippen MR) is 142 cm³/mol. The summed E-state index contributed by atoms with van der Waals surface area (Å²) in [6, 6.07) is 25.2. The number of anilines is 1. The molecule has 0 spiro atoms. The Balaban J connectivity index is 1.67. The summed E-state index contributed by atoms with van der Waals surface area (Å²) in [5, 5.41) is 4.28. The number of halogens is 1. The number of hydrogen-bond acceptors (Lipinski definition) is 2. The fourth-order valence-corrected chi connectivity index (χ4v) is 5.34. The second kappa shape index (κ2) is 8.76. The standard InChI is InChI=1S/C27H25BrN4S/c1-17-7-11-22(12-8-17)32-26(25(30-27(32)33)24-6-4-5-15-29-24)23-16-18(2)31(19(23)3)21-13-9-20(28)10-14-21/h4-16,25-26H,1-3H3,(H,30,33)/t25-,26+/m1/s1. The molecule has 1 saturated heterocycles. The van der Waals surface area contributed by atoms with Gasteiger partial charge in [0.15, 0.2) is 5.11 Å². The molecule has 0 bridgehead atoms. The molecule has 0 amide bonds. The summed E-state index contributed by atoms with van der Waals surface area (Å²) < 4.78 is 3.38. The van der Waals surface area contributed by atoms with Crippen molar-refractivity contribution in [2.75, 3.05) is 4.90 Å². The highest BCUT2D eigenvalue weighted by Crippen LogP contribution is 2.43. The van der Waals surface area contributed by atoms with Gasteiger partial charge in [0.05, 0.1) is 17.8 Å². The molecule has 4 aromatic rings. The molecule has 33 heavy (non-hydrogen) atoms. The Labute approximate surface area is 208 Å². The number of aromatic nitrogens is 2. The lowest BCUT2D eigenvalue weighted by molar-refractivity contribution is 0.565. The van der Waals surface area contributed by atoms with E-state index in [4.69, 9.17) is 12.2 Å². The van der Waals surface area contributed by atoms with Crippen LogP contribution in [0.2, 0.25) is 0 Å². The van der Waals surface area contributed by atoms with E-state index in [1.807, 2.05) is 18.3 Å². The molecule has 0 unspecified atom stereocenters. The van der Waals surface area contributed by atoms with Gasteiger partial charge in [0.1, 0.15) is 0 Å². The number of thiocarbonyl (C=S) groups is 1. The minimum atomic E-state index is -0.0566. The van der Waals surface area contributed by atoms with Crippen molar-refractivity contribution in [3.63, 3.8) is 0 Å². The van der Waals surface area contributed by atoms with Gasteiger partial charge in [-0.25, -0.2) is 0 Å². The molecule has 2 atom stereocenters. The van der Waals surface area contributed by atoms with Gasteiger partial charge in [0, 0.05) is 33.4 Å². The fourth-order valence-electron chi connectivity index (χ4n) is 4.73. The summed E-state index contributed by atoms with van der Waals surface area (Å²) in [4.78, 5) is 6.92. The number of benzene rings is 2. The lowest BCUT2D eigenvalue weighted by atomic mass is 9.96. The lowest BCUT2D eigenvalue weighted by Crippen LogP contribution is -2.29. The van der Waals surface area contributed by atoms with Crippen LogP contribution in [-0.4, -0.2) is 14.7 Å². The van der Waals surface area contributed by atoms with Gasteiger partial charge in [-0.1, -0.05) is 39.7 Å². The zero-order valence-electron chi connectivity index (χ0n) is 18.8. The Morgan fingerprint density at radius 3 is 2.27 bits per heavy atom. The average Bonchev–Trinajstić information content (AvgIpc) is 3.31. The van der Waals surface area contributed by atoms with Crippen LogP contribution in [0.3, 0.4) is 0 Å². The maximum atomic E-state index is 5.88. The number of hydrogen-bond donors (Lipinski definition) is 1. The van der Waals surface area contributed by atoms with Gasteiger partial charge in [-0.15, -0.1) is 0 Å². The Hall–Kier alpha value is -2.96. The molecule has 4 nitrogen and oxygen atoms in total. The van der Waals surface area contributed by atoms with E-state index in [0.717, 1.165) is 21.5 Å². The van der Waals surface area contributed by atoms with Gasteiger partial charge >= 0.3 is 0 Å². The van der Waals surface area contributed by atoms with Crippen molar-refractivity contribution in [1.29, 1.82) is 0 Å². The molecule has 0 saturated carbocycles. The third-order valence-corrected chi connectivity index (χ3v) is 7.13. The minimum Gasteiger partial charge on any atom is -0.351 e. The zero-order chi connectivity index (χ0) is 23.1. The van der Waals surface area contributed by atoms with Gasteiger partial charge in [0.2, 0.25) is 0 Å². The molecule has 6 heteroatoms. The predicted octanol–water partition coefficient (Wildman–Crippen LogP) is 6.74. The third kappa shape index (κ3) is 3.98. The van der Waals surface area contributed by atoms with E-state index in [2.05, 4.69) is 117 Å². The van der Waals surface area contributed by atoms with Crippen molar-refractivity contribution < 1.29 is 0 Å². The van der Waals surface area contributed by atoms with E-state index in [1.54, 1.807) is 0 Å². The largest absolute Gasteiger partial charge is 0.351 e.